The second kappa shape index (κ2) is 5.86. The quantitative estimate of drug-likeness (QED) is 0.752. The minimum Gasteiger partial charge on any atom is -0.281 e. The van der Waals surface area contributed by atoms with Crippen molar-refractivity contribution in [3.05, 3.63) is 44.5 Å². The largest absolute Gasteiger partial charge is 0.281 e. The van der Waals surface area contributed by atoms with Crippen molar-refractivity contribution in [3.63, 3.8) is 0 Å². The second-order valence-corrected chi connectivity index (χ2v) is 6.75. The van der Waals surface area contributed by atoms with Crippen LogP contribution in [0.15, 0.2) is 44.5 Å². The van der Waals surface area contributed by atoms with Gasteiger partial charge in [-0.05, 0) is 0 Å². The SMILES string of the molecule is C1=CC[C]([Re][C]2=CC=CC2)=C1.[C]=O. The smallest absolute Gasteiger partial charge is 0.281 e. The molecule has 2 aliphatic carbocycles. The molecule has 0 aliphatic heterocycles. The maximum absolute atomic E-state index is 7.50. The molecular weight excluding hydrogens is 334 g/mol. The van der Waals surface area contributed by atoms with Crippen LogP contribution < -0.4 is 0 Å². The van der Waals surface area contributed by atoms with Crippen LogP contribution in [0.2, 0.25) is 0 Å². The monoisotopic (exact) mass is 345 g/mol. The second-order valence-electron chi connectivity index (χ2n) is 2.59. The molecule has 2 rings (SSSR count). The van der Waals surface area contributed by atoms with E-state index in [9.17, 15) is 0 Å². The molecule has 0 saturated heterocycles. The summed E-state index contributed by atoms with van der Waals surface area (Å²) in [5, 5.41) is 0. The third kappa shape index (κ3) is 3.26. The Morgan fingerprint density at radius 3 is 1.77 bits per heavy atom. The summed E-state index contributed by atoms with van der Waals surface area (Å²) in [6.45, 7) is 4.50. The van der Waals surface area contributed by atoms with Gasteiger partial charge in [0.2, 0.25) is 0 Å². The van der Waals surface area contributed by atoms with Gasteiger partial charge in [-0.15, -0.1) is 0 Å². The van der Waals surface area contributed by atoms with Crippen molar-refractivity contribution >= 4 is 6.79 Å². The zero-order valence-electron chi connectivity index (χ0n) is 7.16. The molecule has 0 unspecified atom stereocenters. The summed E-state index contributed by atoms with van der Waals surface area (Å²) in [5.41, 5.74) is 0. The Hall–Kier alpha value is -0.708. The van der Waals surface area contributed by atoms with E-state index in [1.54, 1.807) is 8.09 Å². The summed E-state index contributed by atoms with van der Waals surface area (Å²) < 4.78 is 3.42. The normalized spacial score (nSPS) is 17.8. The van der Waals surface area contributed by atoms with Gasteiger partial charge in [-0.25, -0.2) is 0 Å². The first kappa shape index (κ1) is 10.4. The molecule has 1 nitrogen and oxygen atoms in total. The van der Waals surface area contributed by atoms with Crippen LogP contribution in [0.25, 0.3) is 0 Å². The number of hydrogen-bond acceptors (Lipinski definition) is 1. The Balaban J connectivity index is 0.000000396. The Morgan fingerprint density at radius 1 is 1.00 bits per heavy atom. The van der Waals surface area contributed by atoms with E-state index < -0.39 is 0 Å². The molecule has 0 N–H and O–H groups in total. The molecule has 2 radical (unpaired) electrons. The molecule has 67 valence electrons. The van der Waals surface area contributed by atoms with Gasteiger partial charge in [-0.2, -0.15) is 0 Å². The molecule has 0 aromatic carbocycles. The van der Waals surface area contributed by atoms with Crippen molar-refractivity contribution in [3.8, 4) is 0 Å². The first-order valence-electron chi connectivity index (χ1n) is 4.02. The maximum atomic E-state index is 7.50. The molecule has 0 bridgehead atoms. The van der Waals surface area contributed by atoms with Gasteiger partial charge in [-0.3, -0.25) is 4.79 Å². The predicted molar refractivity (Wildman–Crippen MR) is 49.4 cm³/mol. The molecule has 0 spiro atoms. The average Bonchev–Trinajstić information content (AvgIpc) is 2.81. The molecular formula is C11H10ORe. The van der Waals surface area contributed by atoms with Crippen molar-refractivity contribution < 1.29 is 22.8 Å². The van der Waals surface area contributed by atoms with Gasteiger partial charge >= 0.3 is 75.4 Å². The van der Waals surface area contributed by atoms with Crippen LogP contribution in [0.1, 0.15) is 12.8 Å². The van der Waals surface area contributed by atoms with E-state index in [0.717, 1.165) is 0 Å². The Bertz CT molecular complexity index is 256. The third-order valence-electron chi connectivity index (χ3n) is 1.69. The van der Waals surface area contributed by atoms with E-state index >= 15 is 0 Å². The van der Waals surface area contributed by atoms with Crippen LogP contribution in [0.3, 0.4) is 0 Å². The van der Waals surface area contributed by atoms with Gasteiger partial charge in [0.15, 0.2) is 0 Å². The number of hydrogen-bond donors (Lipinski definition) is 0. The molecule has 0 saturated carbocycles. The molecule has 0 aromatic rings. The van der Waals surface area contributed by atoms with Gasteiger partial charge in [0.05, 0.1) is 0 Å². The minimum atomic E-state index is -0.160. The summed E-state index contributed by atoms with van der Waals surface area (Å²) in [4.78, 5) is 7.50. The molecule has 13 heavy (non-hydrogen) atoms. The Morgan fingerprint density at radius 2 is 1.46 bits per heavy atom. The zero-order valence-corrected chi connectivity index (χ0v) is 9.88. The fourth-order valence-electron chi connectivity index (χ4n) is 1.14. The van der Waals surface area contributed by atoms with Gasteiger partial charge in [0.25, 0.3) is 6.79 Å². The standard InChI is InChI=1S/2C5H5.CO.Re/c2*1-2-4-5-3-1;1-2;/h2*1-3H,4H2;;. The average molecular weight is 344 g/mol. The van der Waals surface area contributed by atoms with Gasteiger partial charge in [0.1, 0.15) is 0 Å². The molecule has 0 aromatic heterocycles. The summed E-state index contributed by atoms with van der Waals surface area (Å²) in [6.07, 6.45) is 16.0. The Kier molecular flexibility index (Phi) is 4.67. The van der Waals surface area contributed by atoms with E-state index in [4.69, 9.17) is 4.79 Å². The van der Waals surface area contributed by atoms with Gasteiger partial charge in [0, 0.05) is 0 Å². The fourth-order valence-corrected chi connectivity index (χ4v) is 4.43. The number of carbonyl (C=O) groups excluding carboxylic acids is 1. The molecule has 0 fully saturated rings. The summed E-state index contributed by atoms with van der Waals surface area (Å²) in [6, 6.07) is 0. The van der Waals surface area contributed by atoms with Crippen LogP contribution >= 0.6 is 0 Å². The van der Waals surface area contributed by atoms with E-state index in [1.807, 2.05) is 0 Å². The van der Waals surface area contributed by atoms with Crippen LogP contribution in [-0.2, 0) is 22.8 Å². The molecule has 0 amide bonds. The van der Waals surface area contributed by atoms with E-state index in [1.165, 1.54) is 12.8 Å². The summed E-state index contributed by atoms with van der Waals surface area (Å²) in [5.74, 6) is 0. The molecule has 0 heterocycles. The van der Waals surface area contributed by atoms with Crippen LogP contribution in [0, 0.1) is 0 Å². The van der Waals surface area contributed by atoms with Gasteiger partial charge in [-0.1, -0.05) is 0 Å². The van der Waals surface area contributed by atoms with Crippen molar-refractivity contribution in [2.24, 2.45) is 0 Å². The van der Waals surface area contributed by atoms with E-state index in [2.05, 4.69) is 43.2 Å². The minimum absolute atomic E-state index is 0.160. The van der Waals surface area contributed by atoms with Crippen LogP contribution in [0.5, 0.6) is 0 Å². The van der Waals surface area contributed by atoms with Crippen LogP contribution in [-0.4, -0.2) is 6.79 Å². The van der Waals surface area contributed by atoms with E-state index in [0.29, 0.717) is 0 Å². The summed E-state index contributed by atoms with van der Waals surface area (Å²) in [7, 11) is 0. The zero-order chi connectivity index (χ0) is 9.52. The van der Waals surface area contributed by atoms with Crippen molar-refractivity contribution in [2.45, 2.75) is 12.8 Å². The topological polar surface area (TPSA) is 17.1 Å². The molecule has 2 heteroatoms. The summed E-state index contributed by atoms with van der Waals surface area (Å²) >= 11 is -0.160. The first-order valence-corrected chi connectivity index (χ1v) is 6.73. The van der Waals surface area contributed by atoms with Crippen molar-refractivity contribution in [1.82, 2.24) is 0 Å². The van der Waals surface area contributed by atoms with Crippen molar-refractivity contribution in [2.75, 3.05) is 0 Å². The fraction of sp³-hybridized carbons (Fsp3) is 0.182. The number of rotatable bonds is 2. The number of allylic oxidation sites excluding steroid dienone is 8. The van der Waals surface area contributed by atoms with Crippen molar-refractivity contribution in [1.29, 1.82) is 0 Å². The Labute approximate surface area is 87.1 Å². The molecule has 0 atom stereocenters. The predicted octanol–water partition coefficient (Wildman–Crippen LogP) is 2.36. The third-order valence-corrected chi connectivity index (χ3v) is 5.45. The van der Waals surface area contributed by atoms with E-state index in [-0.39, 0.29) is 18.0 Å². The molecule has 2 aliphatic rings. The maximum Gasteiger partial charge on any atom is 0.281 e. The first-order chi connectivity index (χ1) is 6.45. The van der Waals surface area contributed by atoms with Gasteiger partial charge < -0.3 is 0 Å². The van der Waals surface area contributed by atoms with Crippen LogP contribution in [0.4, 0.5) is 0 Å².